The van der Waals surface area contributed by atoms with Crippen LogP contribution in [-0.4, -0.2) is 17.6 Å². The summed E-state index contributed by atoms with van der Waals surface area (Å²) in [6, 6.07) is 7.99. The number of nitrogens with two attached hydrogens (primary N) is 1. The van der Waals surface area contributed by atoms with E-state index in [2.05, 4.69) is 4.98 Å². The van der Waals surface area contributed by atoms with Gasteiger partial charge >= 0.3 is 5.97 Å². The predicted octanol–water partition coefficient (Wildman–Crippen LogP) is 5.06. The van der Waals surface area contributed by atoms with Crippen molar-refractivity contribution in [1.29, 1.82) is 0 Å². The number of ether oxygens (including phenoxy) is 2. The number of carbonyl (C=O) groups is 1. The van der Waals surface area contributed by atoms with E-state index in [1.807, 2.05) is 0 Å². The molecule has 9 heteroatoms. The molecule has 0 atom stereocenters. The smallest absolute Gasteiger partial charge is 0.310 e. The normalized spacial score (nSPS) is 11.1. The van der Waals surface area contributed by atoms with Crippen LogP contribution in [0.1, 0.15) is 23.7 Å². The lowest BCUT2D eigenvalue weighted by Crippen LogP contribution is -2.09. The van der Waals surface area contributed by atoms with Crippen LogP contribution in [0.2, 0.25) is 0 Å². The number of rotatable bonds is 8. The first-order valence-corrected chi connectivity index (χ1v) is 10.5. The fourth-order valence-corrected chi connectivity index (χ4v) is 3.64. The van der Waals surface area contributed by atoms with Crippen molar-refractivity contribution in [2.75, 3.05) is 6.61 Å². The second kappa shape index (κ2) is 9.96. The third-order valence-electron chi connectivity index (χ3n) is 5.24. The molecule has 34 heavy (non-hydrogen) atoms. The quantitative estimate of drug-likeness (QED) is 0.363. The molecule has 4 rings (SSSR count). The van der Waals surface area contributed by atoms with Gasteiger partial charge in [-0.15, -0.1) is 0 Å². The average molecular weight is 470 g/mol. The van der Waals surface area contributed by atoms with E-state index in [1.54, 1.807) is 6.92 Å². The largest absolute Gasteiger partial charge is 0.488 e. The molecule has 0 aliphatic heterocycles. The van der Waals surface area contributed by atoms with E-state index in [-0.39, 0.29) is 59.7 Å². The molecule has 0 spiro atoms. The van der Waals surface area contributed by atoms with E-state index in [0.29, 0.717) is 11.1 Å². The molecular weight excluding hydrogens is 449 g/mol. The van der Waals surface area contributed by atoms with Gasteiger partial charge in [0.1, 0.15) is 29.6 Å². The zero-order valence-corrected chi connectivity index (χ0v) is 18.2. The lowest BCUT2D eigenvalue weighted by Gasteiger charge is -2.14. The first kappa shape index (κ1) is 23.3. The second-order valence-electron chi connectivity index (χ2n) is 7.41. The van der Waals surface area contributed by atoms with E-state index in [1.165, 1.54) is 42.8 Å². The molecular formula is C25H21F3N2O4. The summed E-state index contributed by atoms with van der Waals surface area (Å²) in [4.78, 5) is 15.8. The Bertz CT molecular complexity index is 1350. The number of nitrogens with zero attached hydrogens (tertiary/aromatic N) is 1. The number of benzene rings is 2. The van der Waals surface area contributed by atoms with Crippen molar-refractivity contribution in [2.45, 2.75) is 26.5 Å². The highest BCUT2D eigenvalue weighted by atomic mass is 19.1. The van der Waals surface area contributed by atoms with Gasteiger partial charge in [-0.2, -0.15) is 0 Å². The Labute approximate surface area is 193 Å². The number of carbonyl (C=O) groups excluding carboxylic acids is 1. The van der Waals surface area contributed by atoms with Crippen molar-refractivity contribution in [3.05, 3.63) is 83.1 Å². The summed E-state index contributed by atoms with van der Waals surface area (Å²) in [5.74, 6) is -2.27. The summed E-state index contributed by atoms with van der Waals surface area (Å²) in [5, 5.41) is 0.132. The molecule has 0 bridgehead atoms. The lowest BCUT2D eigenvalue weighted by atomic mass is 9.99. The van der Waals surface area contributed by atoms with Gasteiger partial charge in [-0.25, -0.2) is 13.2 Å². The molecule has 0 unspecified atom stereocenters. The molecule has 6 nitrogen and oxygen atoms in total. The van der Waals surface area contributed by atoms with Gasteiger partial charge < -0.3 is 19.6 Å². The van der Waals surface area contributed by atoms with Crippen molar-refractivity contribution in [3.8, 4) is 16.9 Å². The number of hydrogen-bond donors (Lipinski definition) is 1. The molecule has 0 aliphatic rings. The van der Waals surface area contributed by atoms with Crippen molar-refractivity contribution < 1.29 is 31.9 Å². The van der Waals surface area contributed by atoms with Crippen LogP contribution < -0.4 is 10.5 Å². The predicted molar refractivity (Wildman–Crippen MR) is 118 cm³/mol. The summed E-state index contributed by atoms with van der Waals surface area (Å²) >= 11 is 0. The van der Waals surface area contributed by atoms with Gasteiger partial charge in [0.25, 0.3) is 0 Å². The maximum atomic E-state index is 15.2. The molecule has 176 valence electrons. The third-order valence-corrected chi connectivity index (χ3v) is 5.24. The number of esters is 1. The number of fused-ring (bicyclic) bond motifs is 1. The number of hydrogen-bond acceptors (Lipinski definition) is 6. The summed E-state index contributed by atoms with van der Waals surface area (Å²) in [6.45, 7) is 1.46. The highest BCUT2D eigenvalue weighted by Gasteiger charge is 2.20. The van der Waals surface area contributed by atoms with E-state index >= 15 is 4.39 Å². The fraction of sp³-hybridized carbons (Fsp3) is 0.200. The van der Waals surface area contributed by atoms with Crippen molar-refractivity contribution >= 4 is 16.9 Å². The number of furan rings is 1. The first-order valence-electron chi connectivity index (χ1n) is 10.5. The van der Waals surface area contributed by atoms with Gasteiger partial charge in [-0.1, -0.05) is 6.07 Å². The van der Waals surface area contributed by atoms with Crippen LogP contribution in [0.25, 0.3) is 22.1 Å². The molecule has 4 aromatic rings. The third kappa shape index (κ3) is 4.60. The molecule has 0 saturated carbocycles. The molecule has 2 aromatic heterocycles. The van der Waals surface area contributed by atoms with Crippen LogP contribution in [0.15, 0.2) is 53.3 Å². The molecule has 2 heterocycles. The van der Waals surface area contributed by atoms with E-state index < -0.39 is 23.4 Å². The van der Waals surface area contributed by atoms with Crippen LogP contribution >= 0.6 is 0 Å². The standard InChI is InChI=1S/C25H21F3N2O4/c1-2-32-22(31)10-14-3-4-16(26)11-21(14)34-13-15-9-19(25-18(23(15)27)6-8-33-25)17-5-7-30-20(12-29)24(17)28/h3-9,11H,2,10,12-13,29H2,1H3. The lowest BCUT2D eigenvalue weighted by molar-refractivity contribution is -0.142. The SMILES string of the molecule is CCOC(=O)Cc1ccc(F)cc1OCc1cc(-c2ccnc(CN)c2F)c2occc2c1F. The molecule has 0 saturated heterocycles. The zero-order valence-electron chi connectivity index (χ0n) is 18.2. The molecule has 0 radical (unpaired) electrons. The van der Waals surface area contributed by atoms with Crippen LogP contribution in [0, 0.1) is 17.5 Å². The molecule has 2 N–H and O–H groups in total. The highest BCUT2D eigenvalue weighted by Crippen LogP contribution is 2.35. The van der Waals surface area contributed by atoms with Crippen LogP contribution in [0.5, 0.6) is 5.75 Å². The summed E-state index contributed by atoms with van der Waals surface area (Å²) < 4.78 is 60.1. The summed E-state index contributed by atoms with van der Waals surface area (Å²) in [6.07, 6.45) is 2.57. The van der Waals surface area contributed by atoms with Gasteiger partial charge in [-0.3, -0.25) is 9.78 Å². The van der Waals surface area contributed by atoms with Crippen molar-refractivity contribution in [1.82, 2.24) is 4.98 Å². The molecule has 0 aliphatic carbocycles. The number of aromatic nitrogens is 1. The Morgan fingerprint density at radius 3 is 2.65 bits per heavy atom. The average Bonchev–Trinajstić information content (AvgIpc) is 3.31. The topological polar surface area (TPSA) is 87.6 Å². The first-order chi connectivity index (χ1) is 16.4. The van der Waals surface area contributed by atoms with Crippen LogP contribution in [0.3, 0.4) is 0 Å². The highest BCUT2D eigenvalue weighted by molar-refractivity contribution is 5.93. The Balaban J connectivity index is 1.72. The summed E-state index contributed by atoms with van der Waals surface area (Å²) in [5.41, 5.74) is 6.69. The number of pyridine rings is 1. The minimum atomic E-state index is -0.636. The van der Waals surface area contributed by atoms with E-state index in [0.717, 1.165) is 6.07 Å². The van der Waals surface area contributed by atoms with Crippen molar-refractivity contribution in [2.24, 2.45) is 5.73 Å². The Morgan fingerprint density at radius 1 is 1.06 bits per heavy atom. The Kier molecular flexibility index (Phi) is 6.83. The van der Waals surface area contributed by atoms with Gasteiger partial charge in [0.2, 0.25) is 0 Å². The monoisotopic (exact) mass is 470 g/mol. The van der Waals surface area contributed by atoms with E-state index in [4.69, 9.17) is 19.6 Å². The van der Waals surface area contributed by atoms with Crippen molar-refractivity contribution in [3.63, 3.8) is 0 Å². The minimum Gasteiger partial charge on any atom is -0.488 e. The fourth-order valence-electron chi connectivity index (χ4n) is 3.64. The minimum absolute atomic E-state index is 0.0581. The second-order valence-corrected chi connectivity index (χ2v) is 7.41. The Morgan fingerprint density at radius 2 is 1.88 bits per heavy atom. The molecule has 0 fully saturated rings. The van der Waals surface area contributed by atoms with Crippen LogP contribution in [-0.2, 0) is 29.1 Å². The zero-order chi connectivity index (χ0) is 24.2. The maximum absolute atomic E-state index is 15.2. The van der Waals surface area contributed by atoms with Gasteiger partial charge in [0.05, 0.1) is 30.4 Å². The maximum Gasteiger partial charge on any atom is 0.310 e. The van der Waals surface area contributed by atoms with Gasteiger partial charge in [-0.05, 0) is 31.2 Å². The Hall–Kier alpha value is -3.85. The molecule has 2 aromatic carbocycles. The van der Waals surface area contributed by atoms with E-state index in [9.17, 15) is 13.6 Å². The van der Waals surface area contributed by atoms with Gasteiger partial charge in [0.15, 0.2) is 5.82 Å². The number of halogens is 3. The molecule has 0 amide bonds. The summed E-state index contributed by atoms with van der Waals surface area (Å²) in [7, 11) is 0. The van der Waals surface area contributed by atoms with Gasteiger partial charge in [0, 0.05) is 41.1 Å². The van der Waals surface area contributed by atoms with Crippen LogP contribution in [0.4, 0.5) is 13.2 Å².